The van der Waals surface area contributed by atoms with Gasteiger partial charge in [0.05, 0.1) is 0 Å². The number of rotatable bonds is 19. The molecule has 2 nitrogen and oxygen atoms in total. The van der Waals surface area contributed by atoms with Crippen LogP contribution in [0, 0.1) is 0 Å². The minimum Gasteiger partial charge on any atom is -0.294 e. The predicted octanol–water partition coefficient (Wildman–Crippen LogP) is 6.58. The summed E-state index contributed by atoms with van der Waals surface area (Å²) >= 11 is 0. The number of hydrogen-bond acceptors (Lipinski definition) is 2. The summed E-state index contributed by atoms with van der Waals surface area (Å²) in [6, 6.07) is 0. The molecule has 0 saturated heterocycles. The lowest BCUT2D eigenvalue weighted by molar-refractivity contribution is -0.00267. The van der Waals surface area contributed by atoms with Gasteiger partial charge in [0.1, 0.15) is 7.85 Å². The summed E-state index contributed by atoms with van der Waals surface area (Å²) in [7, 11) is 7.17. The summed E-state index contributed by atoms with van der Waals surface area (Å²) in [6.45, 7) is 16.1. The second-order valence-corrected chi connectivity index (χ2v) is 8.03. The lowest BCUT2D eigenvalue weighted by Gasteiger charge is -2.50. The van der Waals surface area contributed by atoms with Crippen molar-refractivity contribution in [2.24, 2.45) is 0 Å². The van der Waals surface area contributed by atoms with Crippen LogP contribution in [-0.2, 0) is 0 Å². The lowest BCUT2D eigenvalue weighted by atomic mass is 9.79. The molecule has 0 N–H and O–H groups in total. The van der Waals surface area contributed by atoms with Crippen molar-refractivity contribution in [1.82, 2.24) is 9.80 Å². The van der Waals surface area contributed by atoms with Gasteiger partial charge < -0.3 is 0 Å². The van der Waals surface area contributed by atoms with Gasteiger partial charge in [-0.05, 0) is 58.3 Å². The van der Waals surface area contributed by atoms with E-state index in [0.717, 1.165) is 32.6 Å². The molecular formula is C23H49BN2. The van der Waals surface area contributed by atoms with E-state index in [1.807, 2.05) is 0 Å². The van der Waals surface area contributed by atoms with E-state index in [-0.39, 0.29) is 5.56 Å². The van der Waals surface area contributed by atoms with E-state index < -0.39 is 0 Å². The van der Waals surface area contributed by atoms with E-state index in [0.29, 0.717) is 0 Å². The fourth-order valence-corrected chi connectivity index (χ4v) is 3.86. The molecule has 0 aliphatic carbocycles. The fraction of sp³-hybridized carbons (Fsp3) is 1.00. The molecule has 154 valence electrons. The molecule has 0 aromatic heterocycles. The molecule has 0 aliphatic rings. The zero-order chi connectivity index (χ0) is 19.7. The average molecular weight is 364 g/mol. The van der Waals surface area contributed by atoms with E-state index in [4.69, 9.17) is 7.85 Å². The molecule has 2 radical (unpaired) electrons. The number of nitrogens with zero attached hydrogens (tertiary/aromatic N) is 2. The fourth-order valence-electron chi connectivity index (χ4n) is 3.86. The van der Waals surface area contributed by atoms with Crippen LogP contribution in [0.2, 0.25) is 0 Å². The molecule has 3 heteroatoms. The topological polar surface area (TPSA) is 6.48 Å². The molecule has 0 atom stereocenters. The minimum atomic E-state index is -0.261. The molecule has 26 heavy (non-hydrogen) atoms. The SMILES string of the molecule is [B]C(CC)(N(CCCCC)CCCCC)N(CCCCC)CCCCC. The molecule has 0 spiro atoms. The highest BCUT2D eigenvalue weighted by atomic mass is 15.4. The van der Waals surface area contributed by atoms with Gasteiger partial charge >= 0.3 is 0 Å². The van der Waals surface area contributed by atoms with Crippen molar-refractivity contribution in [2.75, 3.05) is 26.2 Å². The highest BCUT2D eigenvalue weighted by Gasteiger charge is 2.34. The number of unbranched alkanes of at least 4 members (excludes halogenated alkanes) is 8. The maximum Gasteiger partial charge on any atom is 0.118 e. The molecule has 0 unspecified atom stereocenters. The first-order valence-electron chi connectivity index (χ1n) is 11.9. The van der Waals surface area contributed by atoms with Crippen LogP contribution in [-0.4, -0.2) is 49.4 Å². The van der Waals surface area contributed by atoms with Crippen molar-refractivity contribution in [2.45, 2.75) is 124 Å². The Balaban J connectivity index is 5.15. The van der Waals surface area contributed by atoms with Crippen LogP contribution in [0.25, 0.3) is 0 Å². The smallest absolute Gasteiger partial charge is 0.118 e. The predicted molar refractivity (Wildman–Crippen MR) is 120 cm³/mol. The first-order chi connectivity index (χ1) is 12.6. The highest BCUT2D eigenvalue weighted by molar-refractivity contribution is 6.14. The van der Waals surface area contributed by atoms with Crippen LogP contribution in [0.15, 0.2) is 0 Å². The molecule has 0 amide bonds. The minimum absolute atomic E-state index is 0.261. The molecule has 0 bridgehead atoms. The molecule has 0 aromatic carbocycles. The standard InChI is InChI=1S/C23H49BN2/c1-6-11-15-19-25(20-16-12-7-2)23(24,10-5)26(21-17-13-8-3)22-18-14-9-4/h6-22H2,1-5H3. The molecule has 0 aliphatic heterocycles. The van der Waals surface area contributed by atoms with Gasteiger partial charge in [0, 0.05) is 5.56 Å². The lowest BCUT2D eigenvalue weighted by Crippen LogP contribution is -2.62. The van der Waals surface area contributed by atoms with Crippen molar-refractivity contribution in [3.05, 3.63) is 0 Å². The second kappa shape index (κ2) is 17.1. The summed E-state index contributed by atoms with van der Waals surface area (Å²) in [5.74, 6) is 0. The van der Waals surface area contributed by atoms with Gasteiger partial charge in [0.15, 0.2) is 0 Å². The largest absolute Gasteiger partial charge is 0.294 e. The maximum absolute atomic E-state index is 7.17. The zero-order valence-electron chi connectivity index (χ0n) is 19.0. The van der Waals surface area contributed by atoms with Gasteiger partial charge in [0.25, 0.3) is 0 Å². The van der Waals surface area contributed by atoms with Gasteiger partial charge in [-0.25, -0.2) is 0 Å². The second-order valence-electron chi connectivity index (χ2n) is 8.03. The van der Waals surface area contributed by atoms with E-state index in [1.54, 1.807) is 0 Å². The number of hydrogen-bond donors (Lipinski definition) is 0. The van der Waals surface area contributed by atoms with Crippen molar-refractivity contribution in [1.29, 1.82) is 0 Å². The molecule has 0 saturated carbocycles. The Morgan fingerprint density at radius 2 is 0.769 bits per heavy atom. The molecule has 0 aromatic rings. The van der Waals surface area contributed by atoms with Gasteiger partial charge in [-0.3, -0.25) is 9.80 Å². The summed E-state index contributed by atoms with van der Waals surface area (Å²) in [5.41, 5.74) is -0.261. The first kappa shape index (κ1) is 26.0. The van der Waals surface area contributed by atoms with Crippen LogP contribution in [0.3, 0.4) is 0 Å². The van der Waals surface area contributed by atoms with Gasteiger partial charge in [-0.2, -0.15) is 0 Å². The maximum atomic E-state index is 7.17. The van der Waals surface area contributed by atoms with Crippen molar-refractivity contribution in [3.63, 3.8) is 0 Å². The van der Waals surface area contributed by atoms with Crippen LogP contribution >= 0.6 is 0 Å². The molecule has 0 rings (SSSR count). The van der Waals surface area contributed by atoms with Gasteiger partial charge in [-0.15, -0.1) is 0 Å². The summed E-state index contributed by atoms with van der Waals surface area (Å²) in [4.78, 5) is 5.27. The third-order valence-electron chi connectivity index (χ3n) is 5.74. The van der Waals surface area contributed by atoms with Crippen molar-refractivity contribution >= 4 is 7.85 Å². The first-order valence-corrected chi connectivity index (χ1v) is 11.9. The Kier molecular flexibility index (Phi) is 17.1. The van der Waals surface area contributed by atoms with E-state index in [2.05, 4.69) is 44.4 Å². The van der Waals surface area contributed by atoms with Crippen LogP contribution < -0.4 is 0 Å². The highest BCUT2D eigenvalue weighted by Crippen LogP contribution is 2.25. The Morgan fingerprint density at radius 3 is 0.962 bits per heavy atom. The molecule has 0 fully saturated rings. The normalized spacial score (nSPS) is 12.4. The monoisotopic (exact) mass is 364 g/mol. The molecule has 0 heterocycles. The average Bonchev–Trinajstić information content (AvgIpc) is 2.65. The van der Waals surface area contributed by atoms with E-state index >= 15 is 0 Å². The quantitative estimate of drug-likeness (QED) is 0.145. The third kappa shape index (κ3) is 10.4. The van der Waals surface area contributed by atoms with E-state index in [9.17, 15) is 0 Å². The van der Waals surface area contributed by atoms with E-state index in [1.165, 1.54) is 77.0 Å². The Labute approximate surface area is 167 Å². The zero-order valence-corrected chi connectivity index (χ0v) is 19.0. The van der Waals surface area contributed by atoms with Crippen LogP contribution in [0.5, 0.6) is 0 Å². The van der Waals surface area contributed by atoms with Crippen molar-refractivity contribution < 1.29 is 0 Å². The third-order valence-corrected chi connectivity index (χ3v) is 5.74. The Hall–Kier alpha value is -0.0151. The summed E-state index contributed by atoms with van der Waals surface area (Å²) in [5, 5.41) is 0. The van der Waals surface area contributed by atoms with Gasteiger partial charge in [-0.1, -0.05) is 86.0 Å². The summed E-state index contributed by atoms with van der Waals surface area (Å²) < 4.78 is 0. The Bertz CT molecular complexity index is 252. The summed E-state index contributed by atoms with van der Waals surface area (Å²) in [6.07, 6.45) is 16.5. The van der Waals surface area contributed by atoms with Crippen molar-refractivity contribution in [3.8, 4) is 0 Å². The van der Waals surface area contributed by atoms with Crippen LogP contribution in [0.4, 0.5) is 0 Å². The Morgan fingerprint density at radius 1 is 0.500 bits per heavy atom. The van der Waals surface area contributed by atoms with Crippen LogP contribution in [0.1, 0.15) is 118 Å². The van der Waals surface area contributed by atoms with Gasteiger partial charge in [0.2, 0.25) is 0 Å². The molecular weight excluding hydrogens is 315 g/mol.